The Morgan fingerprint density at radius 2 is 1.40 bits per heavy atom. The van der Waals surface area contributed by atoms with Crippen LogP contribution < -0.4 is 30.9 Å². The molecule has 0 saturated carbocycles. The summed E-state index contributed by atoms with van der Waals surface area (Å²) >= 11 is 0. The van der Waals surface area contributed by atoms with Gasteiger partial charge in [-0.2, -0.15) is 0 Å². The van der Waals surface area contributed by atoms with Crippen molar-refractivity contribution in [3.8, 4) is 0 Å². The van der Waals surface area contributed by atoms with Crippen LogP contribution in [0.1, 0.15) is 80.3 Å². The molecule has 0 saturated heterocycles. The second kappa shape index (κ2) is 16.9. The third-order valence-electron chi connectivity index (χ3n) is 7.44. The Kier molecular flexibility index (Phi) is 14.0. The van der Waals surface area contributed by atoms with Gasteiger partial charge in [-0.15, -0.1) is 0 Å². The topological polar surface area (TPSA) is 166 Å². The molecule has 12 nitrogen and oxygen atoms in total. The molecule has 0 aliphatic heterocycles. The fourth-order valence-electron chi connectivity index (χ4n) is 4.43. The molecule has 5 N–H and O–H groups in total. The summed E-state index contributed by atoms with van der Waals surface area (Å²) in [6.07, 6.45) is 1.55. The number of likely N-dealkylation sites (N-methyl/N-ethyl adjacent to an activating group) is 1. The SMILES string of the molecule is CCNC(=O)[C@@H](NC(=O)[C@H](C)NCC(CC)NC(=O)c1cc(C(=O)N[C@H](C)c2ccccc2)cc(N(C)S(C)(=O)=O)c1)C(C)C. The summed E-state index contributed by atoms with van der Waals surface area (Å²) in [5.41, 5.74) is 1.27. The van der Waals surface area contributed by atoms with Crippen LogP contribution >= 0.6 is 0 Å². The Balaban J connectivity index is 2.20. The van der Waals surface area contributed by atoms with Crippen LogP contribution in [0.4, 0.5) is 5.69 Å². The predicted molar refractivity (Wildman–Crippen MR) is 176 cm³/mol. The first-order valence-electron chi connectivity index (χ1n) is 15.2. The average Bonchev–Trinajstić information content (AvgIpc) is 3.00. The molecule has 13 heteroatoms. The lowest BCUT2D eigenvalue weighted by Gasteiger charge is -2.25. The zero-order valence-corrected chi connectivity index (χ0v) is 28.2. The summed E-state index contributed by atoms with van der Waals surface area (Å²) in [6.45, 7) is 11.6. The number of rotatable bonds is 16. The van der Waals surface area contributed by atoms with Crippen LogP contribution in [0, 0.1) is 5.92 Å². The number of carbonyl (C=O) groups is 4. The molecule has 0 radical (unpaired) electrons. The number of amides is 4. The molecular formula is C32H48N6O6S. The normalized spacial score (nSPS) is 14.1. The lowest BCUT2D eigenvalue weighted by atomic mass is 10.0. The minimum Gasteiger partial charge on any atom is -0.355 e. The monoisotopic (exact) mass is 644 g/mol. The summed E-state index contributed by atoms with van der Waals surface area (Å²) in [7, 11) is -2.34. The van der Waals surface area contributed by atoms with Crippen molar-refractivity contribution >= 4 is 39.3 Å². The van der Waals surface area contributed by atoms with Gasteiger partial charge >= 0.3 is 0 Å². The molecule has 248 valence electrons. The summed E-state index contributed by atoms with van der Waals surface area (Å²) < 4.78 is 25.6. The number of anilines is 1. The number of benzene rings is 2. The van der Waals surface area contributed by atoms with Crippen molar-refractivity contribution in [1.29, 1.82) is 0 Å². The minimum absolute atomic E-state index is 0.103. The van der Waals surface area contributed by atoms with Gasteiger partial charge in [-0.3, -0.25) is 23.5 Å². The van der Waals surface area contributed by atoms with Crippen LogP contribution in [-0.4, -0.2) is 76.6 Å². The van der Waals surface area contributed by atoms with Crippen LogP contribution in [0.25, 0.3) is 0 Å². The smallest absolute Gasteiger partial charge is 0.251 e. The van der Waals surface area contributed by atoms with Crippen molar-refractivity contribution < 1.29 is 27.6 Å². The second-order valence-corrected chi connectivity index (χ2v) is 13.5. The van der Waals surface area contributed by atoms with E-state index in [-0.39, 0.29) is 47.1 Å². The number of hydrogen-bond donors (Lipinski definition) is 5. The van der Waals surface area contributed by atoms with Gasteiger partial charge in [-0.05, 0) is 56.9 Å². The van der Waals surface area contributed by atoms with E-state index < -0.39 is 40.0 Å². The van der Waals surface area contributed by atoms with E-state index >= 15 is 0 Å². The third kappa shape index (κ3) is 11.2. The van der Waals surface area contributed by atoms with Crippen molar-refractivity contribution in [1.82, 2.24) is 26.6 Å². The Labute approximate surface area is 267 Å². The first-order valence-corrected chi connectivity index (χ1v) is 17.0. The summed E-state index contributed by atoms with van der Waals surface area (Å²) in [5.74, 6) is -1.69. The van der Waals surface area contributed by atoms with Crippen LogP contribution in [-0.2, 0) is 19.6 Å². The molecule has 0 spiro atoms. The lowest BCUT2D eigenvalue weighted by Crippen LogP contribution is -2.55. The van der Waals surface area contributed by atoms with Gasteiger partial charge in [-0.1, -0.05) is 51.1 Å². The molecule has 2 aromatic rings. The highest BCUT2D eigenvalue weighted by molar-refractivity contribution is 7.92. The molecule has 0 aromatic heterocycles. The maximum absolute atomic E-state index is 13.4. The molecular weight excluding hydrogens is 596 g/mol. The zero-order chi connectivity index (χ0) is 33.9. The van der Waals surface area contributed by atoms with E-state index in [2.05, 4.69) is 26.6 Å². The van der Waals surface area contributed by atoms with Crippen LogP contribution in [0.15, 0.2) is 48.5 Å². The molecule has 45 heavy (non-hydrogen) atoms. The summed E-state index contributed by atoms with van der Waals surface area (Å²) in [4.78, 5) is 51.9. The van der Waals surface area contributed by atoms with E-state index in [0.29, 0.717) is 13.0 Å². The lowest BCUT2D eigenvalue weighted by molar-refractivity contribution is -0.130. The van der Waals surface area contributed by atoms with Crippen molar-refractivity contribution in [2.24, 2.45) is 5.92 Å². The van der Waals surface area contributed by atoms with Gasteiger partial charge in [-0.25, -0.2) is 8.42 Å². The first-order chi connectivity index (χ1) is 21.1. The molecule has 0 aliphatic carbocycles. The molecule has 2 rings (SSSR count). The maximum atomic E-state index is 13.4. The molecule has 0 fully saturated rings. The van der Waals surface area contributed by atoms with Gasteiger partial charge in [0.15, 0.2) is 0 Å². The van der Waals surface area contributed by atoms with Crippen molar-refractivity contribution in [3.63, 3.8) is 0 Å². The van der Waals surface area contributed by atoms with Crippen LogP contribution in [0.3, 0.4) is 0 Å². The average molecular weight is 645 g/mol. The Bertz CT molecular complexity index is 1430. The predicted octanol–water partition coefficient (Wildman–Crippen LogP) is 2.34. The van der Waals surface area contributed by atoms with Gasteiger partial charge in [0.05, 0.1) is 24.0 Å². The fourth-order valence-corrected chi connectivity index (χ4v) is 4.92. The number of nitrogens with zero attached hydrogens (tertiary/aromatic N) is 1. The first kappa shape index (κ1) is 37.2. The molecule has 1 unspecified atom stereocenters. The van der Waals surface area contributed by atoms with Crippen LogP contribution in [0.2, 0.25) is 0 Å². The number of nitrogens with one attached hydrogen (secondary N) is 5. The summed E-state index contributed by atoms with van der Waals surface area (Å²) in [6, 6.07) is 11.6. The second-order valence-electron chi connectivity index (χ2n) is 11.4. The summed E-state index contributed by atoms with van der Waals surface area (Å²) in [5, 5.41) is 14.4. The van der Waals surface area contributed by atoms with Crippen LogP contribution in [0.5, 0.6) is 0 Å². The van der Waals surface area contributed by atoms with Gasteiger partial charge < -0.3 is 26.6 Å². The van der Waals surface area contributed by atoms with Gasteiger partial charge in [0, 0.05) is 37.3 Å². The van der Waals surface area contributed by atoms with E-state index in [0.717, 1.165) is 16.1 Å². The van der Waals surface area contributed by atoms with E-state index in [4.69, 9.17) is 0 Å². The highest BCUT2D eigenvalue weighted by atomic mass is 32.2. The zero-order valence-electron chi connectivity index (χ0n) is 27.4. The van der Waals surface area contributed by atoms with Crippen molar-refractivity contribution in [2.45, 2.75) is 72.1 Å². The highest BCUT2D eigenvalue weighted by Crippen LogP contribution is 2.22. The van der Waals surface area contributed by atoms with E-state index in [1.54, 1.807) is 6.92 Å². The molecule has 0 bridgehead atoms. The molecule has 2 aromatic carbocycles. The Morgan fingerprint density at radius 1 is 0.822 bits per heavy atom. The fraction of sp³-hybridized carbons (Fsp3) is 0.500. The largest absolute Gasteiger partial charge is 0.355 e. The third-order valence-corrected chi connectivity index (χ3v) is 8.65. The maximum Gasteiger partial charge on any atom is 0.251 e. The van der Waals surface area contributed by atoms with Crippen molar-refractivity contribution in [3.05, 3.63) is 65.2 Å². The number of hydrogen-bond acceptors (Lipinski definition) is 7. The number of sulfonamides is 1. The van der Waals surface area contributed by atoms with Crippen molar-refractivity contribution in [2.75, 3.05) is 30.7 Å². The minimum atomic E-state index is -3.69. The molecule has 0 heterocycles. The molecule has 0 aliphatic rings. The quantitative estimate of drug-likeness (QED) is 0.187. The van der Waals surface area contributed by atoms with Gasteiger partial charge in [0.2, 0.25) is 21.8 Å². The Hall–Kier alpha value is -3.97. The standard InChI is InChI=1S/C32H48N6O6S/c1-9-26(19-34-22(6)29(39)37-28(20(3)4)32(42)33-10-2)36-31(41)25-16-24(17-27(18-25)38(7)45(8,43)44)30(40)35-21(5)23-14-12-11-13-15-23/h11-18,20-22,26,28,34H,9-10,19H2,1-8H3,(H,33,42)(H,35,40)(H,36,41)(H,37,39)/t21-,22+,26?,28+/m1/s1. The van der Waals surface area contributed by atoms with E-state index in [1.165, 1.54) is 25.2 Å². The highest BCUT2D eigenvalue weighted by Gasteiger charge is 2.26. The van der Waals surface area contributed by atoms with E-state index in [9.17, 15) is 27.6 Å². The van der Waals surface area contributed by atoms with E-state index in [1.807, 2.05) is 65.0 Å². The van der Waals surface area contributed by atoms with Gasteiger partial charge in [0.25, 0.3) is 11.8 Å². The molecule has 4 atom stereocenters. The van der Waals surface area contributed by atoms with Gasteiger partial charge in [0.1, 0.15) is 6.04 Å². The number of carbonyl (C=O) groups excluding carboxylic acids is 4. The Morgan fingerprint density at radius 3 is 1.91 bits per heavy atom. The molecule has 4 amide bonds.